The molecule has 0 unspecified atom stereocenters. The summed E-state index contributed by atoms with van der Waals surface area (Å²) in [7, 11) is 0.443. The largest absolute Gasteiger partial charge is 0.427 e. The highest BCUT2D eigenvalue weighted by Gasteiger charge is 2.35. The van der Waals surface area contributed by atoms with Crippen LogP contribution in [-0.2, 0) is 4.65 Å². The highest BCUT2D eigenvalue weighted by molar-refractivity contribution is 7.25. The molecule has 0 fully saturated rings. The Bertz CT molecular complexity index is 2050. The molecule has 232 valence electrons. The van der Waals surface area contributed by atoms with Gasteiger partial charge in [0.2, 0.25) is 0 Å². The summed E-state index contributed by atoms with van der Waals surface area (Å²) in [6.45, 7) is 7.45. The first-order valence-corrected chi connectivity index (χ1v) is 16.9. The fraction of sp³-hybridized carbons (Fsp3) is 0.143. The van der Waals surface area contributed by atoms with Crippen LogP contribution in [0.5, 0.6) is 0 Å². The standard InChI is InChI=1S/C42H38BNO2S/c1-41(2,45)42(3,4)46-43-33-19-25-37-38-26-24-36(28-40(38)47-39(37)27-33)44(34-20-15-31(16-21-34)29-11-7-5-8-12-29)35-22-17-32(18-23-35)30-13-9-6-10-14-30/h5-28,43,45H,1-4H3. The molecule has 47 heavy (non-hydrogen) atoms. The highest BCUT2D eigenvalue weighted by atomic mass is 32.1. The monoisotopic (exact) mass is 631 g/mol. The van der Waals surface area contributed by atoms with Gasteiger partial charge in [0.15, 0.2) is 0 Å². The van der Waals surface area contributed by atoms with E-state index in [1.54, 1.807) is 25.2 Å². The first kappa shape index (κ1) is 31.0. The third kappa shape index (κ3) is 6.35. The molecule has 7 rings (SSSR count). The molecule has 0 saturated carbocycles. The molecule has 1 aromatic heterocycles. The van der Waals surface area contributed by atoms with Crippen LogP contribution in [0.4, 0.5) is 17.1 Å². The van der Waals surface area contributed by atoms with Crippen LogP contribution in [0.2, 0.25) is 0 Å². The third-order valence-corrected chi connectivity index (χ3v) is 10.4. The molecular weight excluding hydrogens is 593 g/mol. The molecule has 0 amide bonds. The van der Waals surface area contributed by atoms with Crippen molar-refractivity contribution in [2.45, 2.75) is 38.9 Å². The molecule has 0 aliphatic heterocycles. The van der Waals surface area contributed by atoms with Gasteiger partial charge in [-0.3, -0.25) is 0 Å². The smallest absolute Gasteiger partial charge is 0.309 e. The molecule has 1 N–H and O–H groups in total. The van der Waals surface area contributed by atoms with Gasteiger partial charge in [-0.25, -0.2) is 0 Å². The lowest BCUT2D eigenvalue weighted by molar-refractivity contribution is -0.0893. The van der Waals surface area contributed by atoms with Gasteiger partial charge >= 0.3 is 7.48 Å². The van der Waals surface area contributed by atoms with Crippen LogP contribution >= 0.6 is 11.3 Å². The van der Waals surface area contributed by atoms with Gasteiger partial charge in [-0.15, -0.1) is 11.3 Å². The number of nitrogens with zero attached hydrogens (tertiary/aromatic N) is 1. The van der Waals surface area contributed by atoms with E-state index >= 15 is 0 Å². The van der Waals surface area contributed by atoms with Crippen molar-refractivity contribution in [2.24, 2.45) is 0 Å². The second-order valence-electron chi connectivity index (χ2n) is 13.1. The van der Waals surface area contributed by atoms with E-state index in [1.165, 1.54) is 42.4 Å². The molecule has 5 heteroatoms. The maximum absolute atomic E-state index is 10.5. The normalized spacial score (nSPS) is 12.0. The summed E-state index contributed by atoms with van der Waals surface area (Å²) in [5, 5.41) is 13.0. The summed E-state index contributed by atoms with van der Waals surface area (Å²) >= 11 is 1.80. The molecule has 6 aromatic carbocycles. The Kier molecular flexibility index (Phi) is 8.23. The van der Waals surface area contributed by atoms with Gasteiger partial charge in [0, 0.05) is 37.2 Å². The zero-order valence-electron chi connectivity index (χ0n) is 27.3. The van der Waals surface area contributed by atoms with Crippen molar-refractivity contribution < 1.29 is 9.76 Å². The lowest BCUT2D eigenvalue weighted by Gasteiger charge is -2.37. The van der Waals surface area contributed by atoms with Crippen molar-refractivity contribution in [1.82, 2.24) is 0 Å². The van der Waals surface area contributed by atoms with Gasteiger partial charge in [-0.2, -0.15) is 0 Å². The molecule has 0 saturated heterocycles. The summed E-state index contributed by atoms with van der Waals surface area (Å²) in [6, 6.07) is 52.0. The quantitative estimate of drug-likeness (QED) is 0.161. The van der Waals surface area contributed by atoms with Gasteiger partial charge in [-0.05, 0) is 92.4 Å². The Hall–Kier alpha value is -4.68. The number of anilines is 3. The summed E-state index contributed by atoms with van der Waals surface area (Å²) in [5.74, 6) is 0. The first-order valence-electron chi connectivity index (χ1n) is 16.1. The summed E-state index contributed by atoms with van der Waals surface area (Å²) in [4.78, 5) is 2.34. The van der Waals surface area contributed by atoms with E-state index in [0.29, 0.717) is 7.48 Å². The zero-order chi connectivity index (χ0) is 32.6. The zero-order valence-corrected chi connectivity index (χ0v) is 28.1. The number of hydrogen-bond donors (Lipinski definition) is 1. The molecule has 0 aliphatic rings. The van der Waals surface area contributed by atoms with Crippen LogP contribution in [0.15, 0.2) is 146 Å². The van der Waals surface area contributed by atoms with Crippen molar-refractivity contribution in [1.29, 1.82) is 0 Å². The fourth-order valence-electron chi connectivity index (χ4n) is 5.79. The van der Waals surface area contributed by atoms with Crippen molar-refractivity contribution in [3.8, 4) is 22.3 Å². The van der Waals surface area contributed by atoms with E-state index in [1.807, 2.05) is 13.8 Å². The van der Waals surface area contributed by atoms with Gasteiger partial charge < -0.3 is 14.7 Å². The van der Waals surface area contributed by atoms with Gasteiger partial charge in [0.25, 0.3) is 0 Å². The number of rotatable bonds is 9. The SMILES string of the molecule is CC(C)(O)C(C)(C)OBc1ccc2c(c1)sc1cc(N(c3ccc(-c4ccccc4)cc3)c3ccc(-c4ccccc4)cc3)ccc12. The number of benzene rings is 6. The molecule has 0 bridgehead atoms. The predicted octanol–water partition coefficient (Wildman–Crippen LogP) is 10.4. The van der Waals surface area contributed by atoms with Crippen LogP contribution in [0, 0.1) is 0 Å². The third-order valence-electron chi connectivity index (χ3n) is 9.32. The van der Waals surface area contributed by atoms with Gasteiger partial charge in [0.1, 0.15) is 0 Å². The van der Waals surface area contributed by atoms with E-state index < -0.39 is 11.2 Å². The Labute approximate surface area is 282 Å². The second-order valence-corrected chi connectivity index (χ2v) is 14.2. The van der Waals surface area contributed by atoms with E-state index in [9.17, 15) is 5.11 Å². The summed E-state index contributed by atoms with van der Waals surface area (Å²) in [6.07, 6.45) is 0. The van der Waals surface area contributed by atoms with Gasteiger partial charge in [-0.1, -0.05) is 109 Å². The average Bonchev–Trinajstić information content (AvgIpc) is 3.45. The lowest BCUT2D eigenvalue weighted by Crippen LogP contribution is -2.49. The van der Waals surface area contributed by atoms with Crippen LogP contribution in [-0.4, -0.2) is 23.8 Å². The fourth-order valence-corrected chi connectivity index (χ4v) is 7.00. The van der Waals surface area contributed by atoms with Crippen molar-refractivity contribution in [2.75, 3.05) is 4.90 Å². The summed E-state index contributed by atoms with van der Waals surface area (Å²) < 4.78 is 8.64. The molecule has 1 heterocycles. The topological polar surface area (TPSA) is 32.7 Å². The molecule has 0 aliphatic carbocycles. The Balaban J connectivity index is 1.26. The minimum absolute atomic E-state index is 0.443. The molecule has 0 spiro atoms. The molecule has 0 atom stereocenters. The minimum Gasteiger partial charge on any atom is -0.427 e. The molecular formula is C42H38BNO2S. The maximum Gasteiger partial charge on any atom is 0.309 e. The highest BCUT2D eigenvalue weighted by Crippen LogP contribution is 2.41. The number of aliphatic hydroxyl groups is 1. The van der Waals surface area contributed by atoms with Crippen LogP contribution in [0.3, 0.4) is 0 Å². The van der Waals surface area contributed by atoms with Crippen LogP contribution in [0.25, 0.3) is 42.4 Å². The summed E-state index contributed by atoms with van der Waals surface area (Å²) in [5.41, 5.74) is 7.60. The maximum atomic E-state index is 10.5. The number of hydrogen-bond acceptors (Lipinski definition) is 4. The predicted molar refractivity (Wildman–Crippen MR) is 203 cm³/mol. The molecule has 7 aromatic rings. The second kappa shape index (κ2) is 12.5. The van der Waals surface area contributed by atoms with Crippen LogP contribution in [0.1, 0.15) is 27.7 Å². The van der Waals surface area contributed by atoms with Gasteiger partial charge in [0.05, 0.1) is 11.2 Å². The molecule has 0 radical (unpaired) electrons. The van der Waals surface area contributed by atoms with Crippen molar-refractivity contribution in [3.05, 3.63) is 146 Å². The van der Waals surface area contributed by atoms with Crippen LogP contribution < -0.4 is 10.4 Å². The van der Waals surface area contributed by atoms with Crippen molar-refractivity contribution >= 4 is 61.5 Å². The Morgan fingerprint density at radius 3 is 1.49 bits per heavy atom. The first-order chi connectivity index (χ1) is 22.7. The Morgan fingerprint density at radius 2 is 0.979 bits per heavy atom. The Morgan fingerprint density at radius 1 is 0.532 bits per heavy atom. The van der Waals surface area contributed by atoms with Crippen molar-refractivity contribution in [3.63, 3.8) is 0 Å². The van der Waals surface area contributed by atoms with E-state index in [2.05, 4.69) is 150 Å². The van der Waals surface area contributed by atoms with E-state index in [4.69, 9.17) is 4.65 Å². The van der Waals surface area contributed by atoms with E-state index in [0.717, 1.165) is 22.5 Å². The minimum atomic E-state index is -0.944. The number of thiophene rings is 1. The number of fused-ring (bicyclic) bond motifs is 3. The average molecular weight is 632 g/mol. The lowest BCUT2D eigenvalue weighted by atomic mass is 9.82. The molecule has 3 nitrogen and oxygen atoms in total. The van der Waals surface area contributed by atoms with E-state index in [-0.39, 0.29) is 0 Å².